The van der Waals surface area contributed by atoms with Gasteiger partial charge in [0.2, 0.25) is 0 Å². The predicted octanol–water partition coefficient (Wildman–Crippen LogP) is 3.96. The minimum Gasteiger partial charge on any atom is -0.497 e. The summed E-state index contributed by atoms with van der Waals surface area (Å²) in [5, 5.41) is 16.2. The Morgan fingerprint density at radius 2 is 2.04 bits per heavy atom. The van der Waals surface area contributed by atoms with Crippen LogP contribution in [0.25, 0.3) is 16.9 Å². The summed E-state index contributed by atoms with van der Waals surface area (Å²) in [4.78, 5) is 4.77. The van der Waals surface area contributed by atoms with Crippen molar-refractivity contribution in [2.75, 3.05) is 19.5 Å². The zero-order chi connectivity index (χ0) is 18.8. The average Bonchev–Trinajstić information content (AvgIpc) is 3.28. The van der Waals surface area contributed by atoms with Crippen molar-refractivity contribution in [3.63, 3.8) is 0 Å². The number of ether oxygens (including phenoxy) is 2. The van der Waals surface area contributed by atoms with Gasteiger partial charge in [-0.3, -0.25) is 5.10 Å². The van der Waals surface area contributed by atoms with E-state index in [4.69, 9.17) is 14.5 Å². The molecule has 7 nitrogen and oxygen atoms in total. The van der Waals surface area contributed by atoms with E-state index in [-0.39, 0.29) is 0 Å². The van der Waals surface area contributed by atoms with Gasteiger partial charge in [-0.05, 0) is 25.0 Å². The number of nitrogens with one attached hydrogen (secondary N) is 2. The molecule has 0 unspecified atom stereocenters. The number of rotatable bonds is 5. The number of nitriles is 1. The maximum atomic E-state index is 9.40. The second-order valence-electron chi connectivity index (χ2n) is 6.81. The van der Waals surface area contributed by atoms with Crippen LogP contribution >= 0.6 is 0 Å². The highest BCUT2D eigenvalue weighted by Gasteiger charge is 2.23. The summed E-state index contributed by atoms with van der Waals surface area (Å²) in [6.07, 6.45) is 7.71. The maximum Gasteiger partial charge on any atom is 0.173 e. The number of methoxy groups -OCH3 is 2. The molecule has 1 saturated carbocycles. The van der Waals surface area contributed by atoms with Crippen LogP contribution in [-0.2, 0) is 0 Å². The van der Waals surface area contributed by atoms with Gasteiger partial charge in [0, 0.05) is 23.9 Å². The highest BCUT2D eigenvalue weighted by Crippen LogP contribution is 2.38. The number of aromatic amines is 1. The van der Waals surface area contributed by atoms with Crippen molar-refractivity contribution in [1.29, 1.82) is 5.26 Å². The van der Waals surface area contributed by atoms with E-state index in [9.17, 15) is 5.26 Å². The van der Waals surface area contributed by atoms with Gasteiger partial charge in [-0.2, -0.15) is 5.26 Å². The molecule has 0 atom stereocenters. The molecule has 0 amide bonds. The van der Waals surface area contributed by atoms with E-state index in [1.165, 1.54) is 19.3 Å². The van der Waals surface area contributed by atoms with Gasteiger partial charge in [0.05, 0.1) is 14.2 Å². The number of benzene rings is 1. The Balaban J connectivity index is 1.85. The van der Waals surface area contributed by atoms with E-state index in [1.807, 2.05) is 22.7 Å². The Hall–Kier alpha value is -3.14. The fraction of sp³-hybridized carbons (Fsp3) is 0.400. The SMILES string of the molecule is COc1ccc(-c2nc3c(C#N)c[nH]n3c2NC2CCCCC2)c(OC)c1. The Labute approximate surface area is 157 Å². The van der Waals surface area contributed by atoms with Crippen LogP contribution in [0.3, 0.4) is 0 Å². The zero-order valence-corrected chi connectivity index (χ0v) is 15.6. The Bertz CT molecular complexity index is 992. The zero-order valence-electron chi connectivity index (χ0n) is 15.6. The molecular weight excluding hydrogens is 342 g/mol. The third kappa shape index (κ3) is 3.08. The average molecular weight is 365 g/mol. The molecule has 140 valence electrons. The maximum absolute atomic E-state index is 9.40. The first kappa shape index (κ1) is 17.3. The molecule has 0 spiro atoms. The molecule has 0 saturated heterocycles. The Morgan fingerprint density at radius 1 is 1.22 bits per heavy atom. The van der Waals surface area contributed by atoms with Crippen molar-refractivity contribution in [3.8, 4) is 28.8 Å². The molecule has 0 bridgehead atoms. The minimum absolute atomic E-state index is 0.399. The fourth-order valence-corrected chi connectivity index (χ4v) is 3.76. The highest BCUT2D eigenvalue weighted by molar-refractivity contribution is 5.82. The van der Waals surface area contributed by atoms with Gasteiger partial charge in [-0.25, -0.2) is 9.50 Å². The van der Waals surface area contributed by atoms with E-state index in [0.29, 0.717) is 23.0 Å². The Kier molecular flexibility index (Phi) is 4.63. The number of aromatic nitrogens is 3. The van der Waals surface area contributed by atoms with Gasteiger partial charge >= 0.3 is 0 Å². The molecule has 1 aliphatic rings. The number of fused-ring (bicyclic) bond motifs is 1. The van der Waals surface area contributed by atoms with Gasteiger partial charge in [-0.1, -0.05) is 19.3 Å². The molecule has 1 aliphatic carbocycles. The summed E-state index contributed by atoms with van der Waals surface area (Å²) in [7, 11) is 3.26. The third-order valence-corrected chi connectivity index (χ3v) is 5.19. The number of anilines is 1. The van der Waals surface area contributed by atoms with Gasteiger partial charge in [0.25, 0.3) is 0 Å². The van der Waals surface area contributed by atoms with Crippen LogP contribution < -0.4 is 14.8 Å². The quantitative estimate of drug-likeness (QED) is 0.714. The van der Waals surface area contributed by atoms with Gasteiger partial charge < -0.3 is 14.8 Å². The molecule has 0 radical (unpaired) electrons. The van der Waals surface area contributed by atoms with Crippen LogP contribution in [0.5, 0.6) is 11.5 Å². The number of hydrogen-bond acceptors (Lipinski definition) is 5. The van der Waals surface area contributed by atoms with Crippen molar-refractivity contribution in [1.82, 2.24) is 14.6 Å². The molecule has 27 heavy (non-hydrogen) atoms. The summed E-state index contributed by atoms with van der Waals surface area (Å²) in [6, 6.07) is 8.28. The number of imidazole rings is 1. The second-order valence-corrected chi connectivity index (χ2v) is 6.81. The van der Waals surface area contributed by atoms with Gasteiger partial charge in [0.15, 0.2) is 11.5 Å². The first-order chi connectivity index (χ1) is 13.2. The standard InChI is InChI=1S/C20H23N5O2/c1-26-15-8-9-16(17(10-15)27-2)18-20(23-14-6-4-3-5-7-14)25-19(24-18)13(11-21)12-22-25/h8-10,12,14,22-23H,3-7H2,1-2H3. The molecule has 3 aromatic rings. The molecular formula is C20H23N5O2. The fourth-order valence-electron chi connectivity index (χ4n) is 3.76. The molecule has 2 aromatic heterocycles. The molecule has 2 heterocycles. The van der Waals surface area contributed by atoms with Gasteiger partial charge in [-0.15, -0.1) is 0 Å². The third-order valence-electron chi connectivity index (χ3n) is 5.19. The Morgan fingerprint density at radius 3 is 2.74 bits per heavy atom. The lowest BCUT2D eigenvalue weighted by Crippen LogP contribution is -2.23. The highest BCUT2D eigenvalue weighted by atomic mass is 16.5. The molecule has 7 heteroatoms. The van der Waals surface area contributed by atoms with Crippen molar-refractivity contribution in [2.45, 2.75) is 38.1 Å². The van der Waals surface area contributed by atoms with Crippen molar-refractivity contribution in [3.05, 3.63) is 30.0 Å². The predicted molar refractivity (Wildman–Crippen MR) is 103 cm³/mol. The topological polar surface area (TPSA) is 87.4 Å². The van der Waals surface area contributed by atoms with Crippen LogP contribution in [0.4, 0.5) is 5.82 Å². The number of nitrogens with zero attached hydrogens (tertiary/aromatic N) is 3. The smallest absolute Gasteiger partial charge is 0.173 e. The van der Waals surface area contributed by atoms with Crippen LogP contribution in [0.15, 0.2) is 24.4 Å². The first-order valence-electron chi connectivity index (χ1n) is 9.24. The largest absolute Gasteiger partial charge is 0.497 e. The summed E-state index contributed by atoms with van der Waals surface area (Å²) < 4.78 is 12.7. The van der Waals surface area contributed by atoms with E-state index in [1.54, 1.807) is 20.4 Å². The van der Waals surface area contributed by atoms with E-state index >= 15 is 0 Å². The van der Waals surface area contributed by atoms with E-state index in [2.05, 4.69) is 16.5 Å². The molecule has 2 N–H and O–H groups in total. The number of hydrogen-bond donors (Lipinski definition) is 2. The second kappa shape index (κ2) is 7.23. The first-order valence-corrected chi connectivity index (χ1v) is 9.24. The molecule has 1 aromatic carbocycles. The van der Waals surface area contributed by atoms with E-state index in [0.717, 1.165) is 35.7 Å². The van der Waals surface area contributed by atoms with Crippen LogP contribution in [0.2, 0.25) is 0 Å². The lowest BCUT2D eigenvalue weighted by atomic mass is 9.95. The van der Waals surface area contributed by atoms with Gasteiger partial charge in [0.1, 0.15) is 28.8 Å². The summed E-state index contributed by atoms with van der Waals surface area (Å²) in [5.74, 6) is 2.27. The lowest BCUT2D eigenvalue weighted by Gasteiger charge is -2.24. The minimum atomic E-state index is 0.399. The molecule has 1 fully saturated rings. The number of H-pyrrole nitrogens is 1. The van der Waals surface area contributed by atoms with Crippen molar-refractivity contribution >= 4 is 11.5 Å². The lowest BCUT2D eigenvalue weighted by molar-refractivity contribution is 0.395. The molecule has 4 rings (SSSR count). The monoisotopic (exact) mass is 365 g/mol. The summed E-state index contributed by atoms with van der Waals surface area (Å²) >= 11 is 0. The van der Waals surface area contributed by atoms with Crippen molar-refractivity contribution in [2.24, 2.45) is 0 Å². The normalized spacial score (nSPS) is 14.9. The van der Waals surface area contributed by atoms with Crippen molar-refractivity contribution < 1.29 is 9.47 Å². The van der Waals surface area contributed by atoms with Crippen LogP contribution in [-0.4, -0.2) is 34.9 Å². The van der Waals surface area contributed by atoms with Crippen LogP contribution in [0, 0.1) is 11.3 Å². The van der Waals surface area contributed by atoms with E-state index < -0.39 is 0 Å². The summed E-state index contributed by atoms with van der Waals surface area (Å²) in [6.45, 7) is 0. The summed E-state index contributed by atoms with van der Waals surface area (Å²) in [5.41, 5.74) is 2.75. The van der Waals surface area contributed by atoms with Crippen LogP contribution in [0.1, 0.15) is 37.7 Å². The molecule has 0 aliphatic heterocycles.